The molecule has 0 saturated carbocycles. The van der Waals surface area contributed by atoms with Crippen molar-refractivity contribution < 1.29 is 4.79 Å². The molecule has 0 fully saturated rings. The van der Waals surface area contributed by atoms with Crippen molar-refractivity contribution in [2.75, 3.05) is 7.05 Å². The van der Waals surface area contributed by atoms with Gasteiger partial charge in [-0.05, 0) is 0 Å². The number of urea groups is 1. The van der Waals surface area contributed by atoms with Gasteiger partial charge in [0.1, 0.15) is 0 Å². The van der Waals surface area contributed by atoms with E-state index in [1.54, 1.807) is 7.05 Å². The molecule has 6 heavy (non-hydrogen) atoms. The Morgan fingerprint density at radius 2 is 2.33 bits per heavy atom. The number of nitrogens with two attached hydrogens (primary N) is 1. The van der Waals surface area contributed by atoms with Crippen LogP contribution in [0.25, 0.3) is 0 Å². The number of hydrogen-bond donors (Lipinski definition) is 3. The Labute approximate surface area is 35.7 Å². The van der Waals surface area contributed by atoms with Gasteiger partial charge in [0.05, 0.1) is 0 Å². The van der Waals surface area contributed by atoms with Crippen LogP contribution in [0.3, 0.4) is 0 Å². The second-order valence-electron chi connectivity index (χ2n) is 0.739. The van der Waals surface area contributed by atoms with E-state index < -0.39 is 6.03 Å². The zero-order valence-electron chi connectivity index (χ0n) is 3.49. The molecule has 4 heteroatoms. The molecular formula is C2H7N3O. The van der Waals surface area contributed by atoms with Crippen LogP contribution in [-0.4, -0.2) is 13.1 Å². The fraction of sp³-hybridized carbons (Fsp3) is 0.500. The number of amides is 2. The highest BCUT2D eigenvalue weighted by Gasteiger charge is 1.78. The molecule has 4 nitrogen and oxygen atoms in total. The summed E-state index contributed by atoms with van der Waals surface area (Å²) in [5.74, 6) is 0. The van der Waals surface area contributed by atoms with E-state index in [9.17, 15) is 4.79 Å². The highest BCUT2D eigenvalue weighted by Crippen LogP contribution is 1.39. The van der Waals surface area contributed by atoms with Crippen LogP contribution in [0.2, 0.25) is 0 Å². The van der Waals surface area contributed by atoms with Gasteiger partial charge < -0.3 is 5.73 Å². The highest BCUT2D eigenvalue weighted by atomic mass is 16.2. The number of hydrazine groups is 1. The van der Waals surface area contributed by atoms with Gasteiger partial charge in [-0.15, -0.1) is 0 Å². The smallest absolute Gasteiger partial charge is 0.326 e. The molecule has 0 aliphatic rings. The van der Waals surface area contributed by atoms with E-state index in [0.717, 1.165) is 0 Å². The molecule has 2 amide bonds. The van der Waals surface area contributed by atoms with Crippen LogP contribution in [0, 0.1) is 0 Å². The van der Waals surface area contributed by atoms with E-state index in [4.69, 9.17) is 0 Å². The molecule has 0 aromatic carbocycles. The zero-order chi connectivity index (χ0) is 4.99. The van der Waals surface area contributed by atoms with E-state index in [-0.39, 0.29) is 0 Å². The average Bonchev–Trinajstić information content (AvgIpc) is 1.35. The largest absolute Gasteiger partial charge is 0.351 e. The summed E-state index contributed by atoms with van der Waals surface area (Å²) in [6, 6.07) is -0.572. The maximum Gasteiger partial charge on any atom is 0.326 e. The summed E-state index contributed by atoms with van der Waals surface area (Å²) in [6.07, 6.45) is 0. The fourth-order valence-electron chi connectivity index (χ4n) is 0.123. The van der Waals surface area contributed by atoms with Crippen molar-refractivity contribution in [1.29, 1.82) is 0 Å². The van der Waals surface area contributed by atoms with E-state index in [0.29, 0.717) is 0 Å². The average molecular weight is 89.1 g/mol. The van der Waals surface area contributed by atoms with Crippen molar-refractivity contribution in [3.8, 4) is 0 Å². The van der Waals surface area contributed by atoms with Gasteiger partial charge in [0.2, 0.25) is 0 Å². The number of hydrogen-bond acceptors (Lipinski definition) is 2. The Hall–Kier alpha value is -0.770. The van der Waals surface area contributed by atoms with Gasteiger partial charge >= 0.3 is 6.03 Å². The number of carbonyl (C=O) groups excluding carboxylic acids is 1. The van der Waals surface area contributed by atoms with E-state index >= 15 is 0 Å². The quantitative estimate of drug-likeness (QED) is 0.353. The molecule has 0 aromatic rings. The second-order valence-corrected chi connectivity index (χ2v) is 0.739. The lowest BCUT2D eigenvalue weighted by Crippen LogP contribution is -2.38. The normalized spacial score (nSPS) is 7.50. The van der Waals surface area contributed by atoms with Crippen molar-refractivity contribution in [3.63, 3.8) is 0 Å². The van der Waals surface area contributed by atoms with E-state index in [1.165, 1.54) is 0 Å². The molecule has 0 aliphatic carbocycles. The Morgan fingerprint density at radius 1 is 1.83 bits per heavy atom. The number of carbonyl (C=O) groups is 1. The topological polar surface area (TPSA) is 67.2 Å². The summed E-state index contributed by atoms with van der Waals surface area (Å²) < 4.78 is 0. The summed E-state index contributed by atoms with van der Waals surface area (Å²) in [4.78, 5) is 9.65. The highest BCUT2D eigenvalue weighted by molar-refractivity contribution is 5.70. The lowest BCUT2D eigenvalue weighted by Gasteiger charge is -1.91. The summed E-state index contributed by atoms with van der Waals surface area (Å²) in [6.45, 7) is 0. The monoisotopic (exact) mass is 89.1 g/mol. The van der Waals surface area contributed by atoms with Crippen molar-refractivity contribution in [3.05, 3.63) is 0 Å². The predicted molar refractivity (Wildman–Crippen MR) is 21.8 cm³/mol. The number of primary amides is 1. The summed E-state index contributed by atoms with van der Waals surface area (Å²) in [7, 11) is 1.56. The van der Waals surface area contributed by atoms with Gasteiger partial charge in [-0.2, -0.15) is 0 Å². The summed E-state index contributed by atoms with van der Waals surface area (Å²) in [5.41, 5.74) is 9.03. The molecule has 0 saturated heterocycles. The van der Waals surface area contributed by atoms with Gasteiger partial charge in [-0.3, -0.25) is 5.43 Å². The molecule has 0 spiro atoms. The lowest BCUT2D eigenvalue weighted by molar-refractivity contribution is 0.246. The van der Waals surface area contributed by atoms with Crippen molar-refractivity contribution >= 4 is 6.03 Å². The third-order valence-corrected chi connectivity index (χ3v) is 0.248. The minimum atomic E-state index is -0.572. The van der Waals surface area contributed by atoms with Gasteiger partial charge in [-0.1, -0.05) is 0 Å². The molecule has 0 radical (unpaired) electrons. The minimum Gasteiger partial charge on any atom is -0.351 e. The van der Waals surface area contributed by atoms with E-state index in [1.807, 2.05) is 0 Å². The molecule has 0 aliphatic heterocycles. The first-order chi connectivity index (χ1) is 2.77. The van der Waals surface area contributed by atoms with Gasteiger partial charge in [0.15, 0.2) is 0 Å². The molecule has 0 atom stereocenters. The van der Waals surface area contributed by atoms with Crippen LogP contribution in [0.4, 0.5) is 4.79 Å². The molecule has 0 rings (SSSR count). The van der Waals surface area contributed by atoms with Crippen LogP contribution in [0.15, 0.2) is 0 Å². The maximum atomic E-state index is 9.65. The van der Waals surface area contributed by atoms with Crippen LogP contribution < -0.4 is 16.6 Å². The first-order valence-electron chi connectivity index (χ1n) is 1.49. The third kappa shape index (κ3) is 3.23. The summed E-state index contributed by atoms with van der Waals surface area (Å²) >= 11 is 0. The lowest BCUT2D eigenvalue weighted by atomic mass is 11.1. The van der Waals surface area contributed by atoms with Crippen molar-refractivity contribution in [2.45, 2.75) is 0 Å². The molecule has 0 heterocycles. The third-order valence-electron chi connectivity index (χ3n) is 0.248. The Morgan fingerprint density at radius 3 is 2.33 bits per heavy atom. The summed E-state index contributed by atoms with van der Waals surface area (Å²) in [5, 5.41) is 0. The minimum absolute atomic E-state index is 0.572. The SMILES string of the molecule is CNNC(N)=O. The second kappa shape index (κ2) is 2.47. The number of rotatable bonds is 1. The van der Waals surface area contributed by atoms with Gasteiger partial charge in [-0.25, -0.2) is 10.2 Å². The van der Waals surface area contributed by atoms with Gasteiger partial charge in [0, 0.05) is 7.05 Å². The first-order valence-corrected chi connectivity index (χ1v) is 1.49. The fourth-order valence-corrected chi connectivity index (χ4v) is 0.123. The molecule has 0 aromatic heterocycles. The van der Waals surface area contributed by atoms with Crippen molar-refractivity contribution in [2.24, 2.45) is 5.73 Å². The van der Waals surface area contributed by atoms with Crippen LogP contribution >= 0.6 is 0 Å². The Balaban J connectivity index is 2.83. The molecule has 0 bridgehead atoms. The first kappa shape index (κ1) is 5.23. The van der Waals surface area contributed by atoms with Gasteiger partial charge in [0.25, 0.3) is 0 Å². The van der Waals surface area contributed by atoms with E-state index in [2.05, 4.69) is 16.6 Å². The zero-order valence-corrected chi connectivity index (χ0v) is 3.49. The van der Waals surface area contributed by atoms with Crippen LogP contribution in [-0.2, 0) is 0 Å². The maximum absolute atomic E-state index is 9.65. The molecular weight excluding hydrogens is 82.0 g/mol. The Bertz CT molecular complexity index is 52.8. The number of nitrogens with one attached hydrogen (secondary N) is 2. The van der Waals surface area contributed by atoms with Crippen LogP contribution in [0.1, 0.15) is 0 Å². The van der Waals surface area contributed by atoms with Crippen molar-refractivity contribution in [1.82, 2.24) is 10.9 Å². The molecule has 4 N–H and O–H groups in total. The van der Waals surface area contributed by atoms with Crippen LogP contribution in [0.5, 0.6) is 0 Å². The molecule has 0 unspecified atom stereocenters. The Kier molecular flexibility index (Phi) is 2.15. The predicted octanol–water partition coefficient (Wildman–Crippen LogP) is -1.21. The standard InChI is InChI=1S/C2H7N3O/c1-4-5-2(3)6/h4H,1H3,(H3,3,5,6). The molecule has 36 valence electrons.